The topological polar surface area (TPSA) is 83.2 Å². The molecule has 8 nitrogen and oxygen atoms in total. The smallest absolute Gasteiger partial charge is 0.410 e. The molecule has 2 aromatic rings. The van der Waals surface area contributed by atoms with Crippen molar-refractivity contribution in [1.29, 1.82) is 0 Å². The molecule has 1 aliphatic heterocycles. The average Bonchev–Trinajstić information content (AvgIpc) is 2.95. The van der Waals surface area contributed by atoms with Crippen LogP contribution in [0.2, 0.25) is 0 Å². The highest BCUT2D eigenvalue weighted by Crippen LogP contribution is 2.19. The van der Waals surface area contributed by atoms with Crippen LogP contribution in [0, 0.1) is 6.92 Å². The molecule has 1 amide bonds. The number of carbonyl (C=O) groups is 1. The van der Waals surface area contributed by atoms with Gasteiger partial charge in [0.2, 0.25) is 5.95 Å². The van der Waals surface area contributed by atoms with Crippen LogP contribution in [0.25, 0.3) is 5.65 Å². The Hall–Kier alpha value is -2.35. The molecule has 0 radical (unpaired) electrons. The van der Waals surface area contributed by atoms with Crippen LogP contribution in [0.5, 0.6) is 0 Å². The van der Waals surface area contributed by atoms with Gasteiger partial charge >= 0.3 is 6.09 Å². The normalized spacial score (nSPS) is 15.7. The number of amides is 1. The van der Waals surface area contributed by atoms with Gasteiger partial charge in [0.05, 0.1) is 12.3 Å². The minimum absolute atomic E-state index is 0.105. The van der Waals surface area contributed by atoms with Crippen LogP contribution in [0.4, 0.5) is 10.7 Å². The maximum absolute atomic E-state index is 12.2. The molecule has 0 atom stereocenters. The van der Waals surface area contributed by atoms with E-state index in [-0.39, 0.29) is 12.7 Å². The van der Waals surface area contributed by atoms with Crippen molar-refractivity contribution in [2.24, 2.45) is 0 Å². The summed E-state index contributed by atoms with van der Waals surface area (Å²) in [7, 11) is 0. The van der Waals surface area contributed by atoms with Crippen molar-refractivity contribution in [2.75, 3.05) is 31.1 Å². The van der Waals surface area contributed by atoms with E-state index in [1.807, 2.05) is 38.2 Å². The maximum Gasteiger partial charge on any atom is 0.410 e. The number of nitrogens with zero attached hydrogens (tertiary/aromatic N) is 5. The zero-order chi connectivity index (χ0) is 18.2. The molecule has 136 valence electrons. The minimum Gasteiger partial charge on any atom is -0.444 e. The molecule has 1 aliphatic rings. The average molecular weight is 347 g/mol. The highest BCUT2D eigenvalue weighted by Gasteiger charge is 2.27. The minimum atomic E-state index is -0.490. The molecule has 0 bridgehead atoms. The van der Waals surface area contributed by atoms with E-state index in [1.165, 1.54) is 0 Å². The molecular weight excluding hydrogens is 322 g/mol. The fraction of sp³-hybridized carbons (Fsp3) is 0.588. The van der Waals surface area contributed by atoms with Gasteiger partial charge in [0.1, 0.15) is 11.2 Å². The van der Waals surface area contributed by atoms with E-state index < -0.39 is 5.60 Å². The summed E-state index contributed by atoms with van der Waals surface area (Å²) in [5.74, 6) is 0.783. The van der Waals surface area contributed by atoms with Crippen molar-refractivity contribution in [3.8, 4) is 0 Å². The second-order valence-electron chi connectivity index (χ2n) is 7.27. The lowest BCUT2D eigenvalue weighted by molar-refractivity contribution is 0.0240. The molecule has 0 aliphatic carbocycles. The number of piperazine rings is 1. The van der Waals surface area contributed by atoms with E-state index >= 15 is 0 Å². The Bertz CT molecular complexity index is 772. The number of aromatic nitrogens is 3. The van der Waals surface area contributed by atoms with E-state index in [9.17, 15) is 9.90 Å². The fourth-order valence-electron chi connectivity index (χ4n) is 2.85. The van der Waals surface area contributed by atoms with Gasteiger partial charge in [-0.25, -0.2) is 14.8 Å². The Labute approximate surface area is 147 Å². The molecule has 3 rings (SSSR count). The van der Waals surface area contributed by atoms with Crippen molar-refractivity contribution < 1.29 is 14.6 Å². The molecular formula is C17H25N5O3. The summed E-state index contributed by atoms with van der Waals surface area (Å²) >= 11 is 0. The number of imidazole rings is 1. The second-order valence-corrected chi connectivity index (χ2v) is 7.27. The standard InChI is InChI=1S/C17H25N5O3/c1-12-9-14-19-13(11-23)10-22(14)15(18-12)20-5-7-21(8-6-20)16(24)25-17(2,3)4/h9-10,23H,5-8,11H2,1-4H3. The third-order valence-corrected chi connectivity index (χ3v) is 3.99. The van der Waals surface area contributed by atoms with Crippen molar-refractivity contribution in [3.05, 3.63) is 23.7 Å². The van der Waals surface area contributed by atoms with E-state index in [4.69, 9.17) is 4.74 Å². The van der Waals surface area contributed by atoms with Gasteiger partial charge < -0.3 is 19.6 Å². The summed E-state index contributed by atoms with van der Waals surface area (Å²) in [6.45, 7) is 9.90. The molecule has 1 fully saturated rings. The van der Waals surface area contributed by atoms with Gasteiger partial charge in [-0.2, -0.15) is 0 Å². The van der Waals surface area contributed by atoms with Crippen LogP contribution >= 0.6 is 0 Å². The van der Waals surface area contributed by atoms with Gasteiger partial charge in [0, 0.05) is 44.1 Å². The van der Waals surface area contributed by atoms with E-state index in [1.54, 1.807) is 11.1 Å². The van der Waals surface area contributed by atoms with Gasteiger partial charge in [-0.1, -0.05) is 0 Å². The van der Waals surface area contributed by atoms with Crippen molar-refractivity contribution in [1.82, 2.24) is 19.3 Å². The Kier molecular flexibility index (Phi) is 4.55. The molecule has 0 unspecified atom stereocenters. The summed E-state index contributed by atoms with van der Waals surface area (Å²) in [4.78, 5) is 25.1. The first-order chi connectivity index (χ1) is 11.8. The number of aryl methyl sites for hydroxylation is 1. The summed E-state index contributed by atoms with van der Waals surface area (Å²) < 4.78 is 7.33. The molecule has 1 saturated heterocycles. The Morgan fingerprint density at radius 3 is 2.52 bits per heavy atom. The number of rotatable bonds is 2. The van der Waals surface area contributed by atoms with Crippen LogP contribution < -0.4 is 4.90 Å². The largest absolute Gasteiger partial charge is 0.444 e. The number of fused-ring (bicyclic) bond motifs is 1. The third kappa shape index (κ3) is 3.84. The predicted octanol–water partition coefficient (Wildman–Crippen LogP) is 1.59. The molecule has 0 aromatic carbocycles. The van der Waals surface area contributed by atoms with E-state index in [2.05, 4.69) is 14.9 Å². The molecule has 8 heteroatoms. The first-order valence-electron chi connectivity index (χ1n) is 8.46. The summed E-state index contributed by atoms with van der Waals surface area (Å²) in [5, 5.41) is 9.33. The molecule has 2 aromatic heterocycles. The fourth-order valence-corrected chi connectivity index (χ4v) is 2.85. The zero-order valence-corrected chi connectivity index (χ0v) is 15.2. The molecule has 1 N–H and O–H groups in total. The van der Waals surface area contributed by atoms with E-state index in [0.29, 0.717) is 31.9 Å². The first-order valence-corrected chi connectivity index (χ1v) is 8.46. The second kappa shape index (κ2) is 6.51. The zero-order valence-electron chi connectivity index (χ0n) is 15.2. The highest BCUT2D eigenvalue weighted by atomic mass is 16.6. The number of aliphatic hydroxyl groups excluding tert-OH is 1. The SMILES string of the molecule is Cc1cc2nc(CO)cn2c(N2CCN(C(=O)OC(C)(C)C)CC2)n1. The van der Waals surface area contributed by atoms with Gasteiger partial charge in [0.15, 0.2) is 0 Å². The quantitative estimate of drug-likeness (QED) is 0.888. The van der Waals surface area contributed by atoms with Crippen LogP contribution in [0.3, 0.4) is 0 Å². The summed E-state index contributed by atoms with van der Waals surface area (Å²) in [6.07, 6.45) is 1.52. The molecule has 0 saturated carbocycles. The molecule has 25 heavy (non-hydrogen) atoms. The van der Waals surface area contributed by atoms with Gasteiger partial charge in [0.25, 0.3) is 0 Å². The third-order valence-electron chi connectivity index (χ3n) is 3.99. The Balaban J connectivity index is 1.76. The van der Waals surface area contributed by atoms with Gasteiger partial charge in [-0.15, -0.1) is 0 Å². The number of aliphatic hydroxyl groups is 1. The number of ether oxygens (including phenoxy) is 1. The lowest BCUT2D eigenvalue weighted by Gasteiger charge is -2.36. The van der Waals surface area contributed by atoms with Gasteiger partial charge in [-0.05, 0) is 27.7 Å². The van der Waals surface area contributed by atoms with Crippen LogP contribution in [-0.4, -0.2) is 62.2 Å². The first kappa shape index (κ1) is 17.5. The molecule has 3 heterocycles. The Morgan fingerprint density at radius 1 is 1.24 bits per heavy atom. The number of anilines is 1. The lowest BCUT2D eigenvalue weighted by Crippen LogP contribution is -2.50. The number of carbonyl (C=O) groups excluding carboxylic acids is 1. The van der Waals surface area contributed by atoms with Crippen molar-refractivity contribution in [3.63, 3.8) is 0 Å². The number of hydrogen-bond acceptors (Lipinski definition) is 6. The summed E-state index contributed by atoms with van der Waals surface area (Å²) in [5.41, 5.74) is 1.75. The van der Waals surface area contributed by atoms with Crippen molar-refractivity contribution in [2.45, 2.75) is 39.9 Å². The van der Waals surface area contributed by atoms with Gasteiger partial charge in [-0.3, -0.25) is 4.40 Å². The number of hydrogen-bond donors (Lipinski definition) is 1. The molecule has 0 spiro atoms. The van der Waals surface area contributed by atoms with E-state index in [0.717, 1.165) is 17.3 Å². The summed E-state index contributed by atoms with van der Waals surface area (Å²) in [6, 6.07) is 1.89. The maximum atomic E-state index is 12.2. The Morgan fingerprint density at radius 2 is 1.92 bits per heavy atom. The van der Waals surface area contributed by atoms with Crippen LogP contribution in [0.1, 0.15) is 32.2 Å². The predicted molar refractivity (Wildman–Crippen MR) is 93.7 cm³/mol. The van der Waals surface area contributed by atoms with Crippen molar-refractivity contribution >= 4 is 17.7 Å². The highest BCUT2D eigenvalue weighted by molar-refractivity contribution is 5.68. The lowest BCUT2D eigenvalue weighted by atomic mass is 10.2. The van der Waals surface area contributed by atoms with Crippen LogP contribution in [0.15, 0.2) is 12.3 Å². The monoisotopic (exact) mass is 347 g/mol. The van der Waals surface area contributed by atoms with Crippen LogP contribution in [-0.2, 0) is 11.3 Å².